The highest BCUT2D eigenvalue weighted by Crippen LogP contribution is 2.43. The number of hydrogen-bond acceptors (Lipinski definition) is 7. The number of phosphoric ester groups is 1. The van der Waals surface area contributed by atoms with E-state index < -0.39 is 26.5 Å². The maximum absolute atomic E-state index is 12.9. The predicted molar refractivity (Wildman–Crippen MR) is 386 cm³/mol. The molecule has 0 aromatic rings. The normalized spacial score (nSPS) is 13.3. The summed E-state index contributed by atoms with van der Waals surface area (Å²) in [7, 11) is 1.50. The van der Waals surface area contributed by atoms with Crippen molar-refractivity contribution in [2.75, 3.05) is 47.5 Å². The fourth-order valence-corrected chi connectivity index (χ4v) is 12.5. The summed E-state index contributed by atoms with van der Waals surface area (Å²) in [6.07, 6.45) is 92.6. The van der Waals surface area contributed by atoms with Crippen molar-refractivity contribution in [1.29, 1.82) is 0 Å². The van der Waals surface area contributed by atoms with Crippen molar-refractivity contribution in [1.82, 2.24) is 0 Å². The Morgan fingerprint density at radius 3 is 0.955 bits per heavy atom. The molecule has 89 heavy (non-hydrogen) atoms. The zero-order chi connectivity index (χ0) is 64.8. The third-order valence-corrected chi connectivity index (χ3v) is 18.6. The van der Waals surface area contributed by atoms with Gasteiger partial charge < -0.3 is 18.9 Å². The van der Waals surface area contributed by atoms with Crippen LogP contribution in [0.5, 0.6) is 0 Å². The Labute approximate surface area is 554 Å². The maximum Gasteiger partial charge on any atom is 0.472 e. The van der Waals surface area contributed by atoms with Crippen LogP contribution in [0.3, 0.4) is 0 Å². The van der Waals surface area contributed by atoms with E-state index in [0.717, 1.165) is 57.8 Å². The highest BCUT2D eigenvalue weighted by molar-refractivity contribution is 7.47. The molecule has 0 saturated carbocycles. The molecule has 0 heterocycles. The van der Waals surface area contributed by atoms with Gasteiger partial charge in [-0.25, -0.2) is 4.57 Å². The van der Waals surface area contributed by atoms with Gasteiger partial charge in [-0.15, -0.1) is 0 Å². The van der Waals surface area contributed by atoms with Crippen molar-refractivity contribution < 1.29 is 42.1 Å². The number of hydrogen-bond donors (Lipinski definition) is 1. The summed E-state index contributed by atoms with van der Waals surface area (Å²) >= 11 is 0. The average molecular weight is 1270 g/mol. The van der Waals surface area contributed by atoms with Crippen LogP contribution in [0.2, 0.25) is 0 Å². The van der Waals surface area contributed by atoms with Gasteiger partial charge >= 0.3 is 19.8 Å². The first kappa shape index (κ1) is 87.0. The summed E-state index contributed by atoms with van der Waals surface area (Å²) in [5, 5.41) is 0. The molecule has 0 rings (SSSR count). The number of ether oxygens (including phenoxy) is 2. The SMILES string of the molecule is CC/C=C\C/C=C\C/C=C\C/C=C\CCCCCCCCCCCCCCCCCCCCCCCCCCC(=O)OC(COC(=O)CCCCCCCCCCCCCCCCCCCCCCCCCCCCCC)COP(=O)(O)OCC[N+](C)(C)C. The number of rotatable bonds is 73. The van der Waals surface area contributed by atoms with Crippen LogP contribution >= 0.6 is 7.82 Å². The van der Waals surface area contributed by atoms with Crippen molar-refractivity contribution in [2.45, 2.75) is 399 Å². The number of phosphoric acid groups is 1. The van der Waals surface area contributed by atoms with Crippen LogP contribution in [0.1, 0.15) is 393 Å². The Kier molecular flexibility index (Phi) is 68.7. The molecule has 10 heteroatoms. The number of carbonyl (C=O) groups is 2. The molecule has 0 aliphatic heterocycles. The number of nitrogens with zero attached hydrogens (tertiary/aromatic N) is 1. The molecule has 1 N–H and O–H groups in total. The Morgan fingerprint density at radius 1 is 0.360 bits per heavy atom. The van der Waals surface area contributed by atoms with E-state index in [0.29, 0.717) is 23.9 Å². The Balaban J connectivity index is 3.91. The maximum atomic E-state index is 12.9. The fourth-order valence-electron chi connectivity index (χ4n) is 11.7. The zero-order valence-corrected chi connectivity index (χ0v) is 60.8. The number of unbranched alkanes of at least 4 members (excludes halogenated alkanes) is 51. The molecular weight excluding hydrogens is 1120 g/mol. The van der Waals surface area contributed by atoms with E-state index in [-0.39, 0.29) is 25.6 Å². The molecule has 2 unspecified atom stereocenters. The summed E-state index contributed by atoms with van der Waals surface area (Å²) in [5.41, 5.74) is 0. The lowest BCUT2D eigenvalue weighted by molar-refractivity contribution is -0.870. The first-order chi connectivity index (χ1) is 43.5. The monoisotopic (exact) mass is 1270 g/mol. The van der Waals surface area contributed by atoms with Crippen molar-refractivity contribution in [3.05, 3.63) is 48.6 Å². The highest BCUT2D eigenvalue weighted by atomic mass is 31.2. The first-order valence-corrected chi connectivity index (χ1v) is 40.4. The summed E-state index contributed by atoms with van der Waals surface area (Å²) in [6.45, 7) is 4.40. The summed E-state index contributed by atoms with van der Waals surface area (Å²) < 4.78 is 34.8. The van der Waals surface area contributed by atoms with Crippen LogP contribution < -0.4 is 0 Å². The highest BCUT2D eigenvalue weighted by Gasteiger charge is 2.27. The van der Waals surface area contributed by atoms with Crippen LogP contribution in [0.25, 0.3) is 0 Å². The van der Waals surface area contributed by atoms with Crippen LogP contribution in [-0.2, 0) is 32.7 Å². The number of likely N-dealkylation sites (N-methyl/N-ethyl adjacent to an activating group) is 1. The van der Waals surface area contributed by atoms with Crippen LogP contribution in [0.15, 0.2) is 48.6 Å². The molecule has 0 aliphatic rings. The lowest BCUT2D eigenvalue weighted by atomic mass is 10.0. The van der Waals surface area contributed by atoms with Gasteiger partial charge in [0.1, 0.15) is 19.8 Å². The molecule has 524 valence electrons. The summed E-state index contributed by atoms with van der Waals surface area (Å²) in [4.78, 5) is 36.0. The molecule has 0 aromatic heterocycles. The van der Waals surface area contributed by atoms with Crippen molar-refractivity contribution >= 4 is 19.8 Å². The zero-order valence-electron chi connectivity index (χ0n) is 59.9. The molecule has 0 amide bonds. The van der Waals surface area contributed by atoms with E-state index >= 15 is 0 Å². The van der Waals surface area contributed by atoms with Gasteiger partial charge in [0.25, 0.3) is 0 Å². The van der Waals surface area contributed by atoms with Crippen LogP contribution in [-0.4, -0.2) is 74.9 Å². The standard InChI is InChI=1S/C79H150NO8P/c1-6-8-10-12-14-16-18-20-22-24-26-28-30-32-34-36-37-38-39-40-41-42-43-44-46-48-50-52-54-56-58-60-62-64-66-68-70-72-79(82)88-77(76-87-89(83,84)86-74-73-80(3,4)5)75-85-78(81)71-69-67-65-63-61-59-57-55-53-51-49-47-45-35-33-31-29-27-25-23-21-19-17-15-13-11-9-7-2/h8,10,14,16,20,22,26,28,77H,6-7,9,11-13,15,17-19,21,23-25,27,29-76H2,1-5H3/p+1/b10-8-,16-14-,22-20-,28-26-. The quantitative estimate of drug-likeness (QED) is 0.0211. The first-order valence-electron chi connectivity index (χ1n) is 38.9. The molecule has 0 bridgehead atoms. The summed E-state index contributed by atoms with van der Waals surface area (Å²) in [6, 6.07) is 0. The Hall–Kier alpha value is -2.03. The van der Waals surface area contributed by atoms with Crippen LogP contribution in [0, 0.1) is 0 Å². The van der Waals surface area contributed by atoms with Crippen molar-refractivity contribution in [2.24, 2.45) is 0 Å². The molecule has 0 aromatic carbocycles. The van der Waals surface area contributed by atoms with Crippen molar-refractivity contribution in [3.63, 3.8) is 0 Å². The molecule has 0 saturated heterocycles. The fraction of sp³-hybridized carbons (Fsp3) is 0.873. The van der Waals surface area contributed by atoms with Gasteiger partial charge in [0.05, 0.1) is 27.7 Å². The van der Waals surface area contributed by atoms with Crippen LogP contribution in [0.4, 0.5) is 0 Å². The second-order valence-corrected chi connectivity index (χ2v) is 29.2. The van der Waals surface area contributed by atoms with Gasteiger partial charge in [0.15, 0.2) is 6.10 Å². The third kappa shape index (κ3) is 74.9. The molecule has 9 nitrogen and oxygen atoms in total. The lowest BCUT2D eigenvalue weighted by Crippen LogP contribution is -2.37. The van der Waals surface area contributed by atoms with E-state index in [1.165, 1.54) is 302 Å². The molecule has 0 radical (unpaired) electrons. The predicted octanol–water partition coefficient (Wildman–Crippen LogP) is 25.6. The summed E-state index contributed by atoms with van der Waals surface area (Å²) in [5.74, 6) is -0.771. The Morgan fingerprint density at radius 2 is 0.640 bits per heavy atom. The second kappa shape index (κ2) is 70.3. The van der Waals surface area contributed by atoms with Gasteiger partial charge in [0, 0.05) is 12.8 Å². The van der Waals surface area contributed by atoms with E-state index in [1.807, 2.05) is 21.1 Å². The van der Waals surface area contributed by atoms with E-state index in [4.69, 9.17) is 18.5 Å². The molecule has 2 atom stereocenters. The smallest absolute Gasteiger partial charge is 0.462 e. The molecule has 0 fully saturated rings. The number of carbonyl (C=O) groups excluding carboxylic acids is 2. The minimum atomic E-state index is -4.39. The van der Waals surface area contributed by atoms with Gasteiger partial charge in [-0.05, 0) is 51.4 Å². The minimum Gasteiger partial charge on any atom is -0.462 e. The molecule has 0 spiro atoms. The number of esters is 2. The largest absolute Gasteiger partial charge is 0.472 e. The third-order valence-electron chi connectivity index (χ3n) is 17.6. The van der Waals surface area contributed by atoms with Gasteiger partial charge in [-0.1, -0.05) is 377 Å². The second-order valence-electron chi connectivity index (χ2n) is 27.7. The van der Waals surface area contributed by atoms with E-state index in [1.54, 1.807) is 0 Å². The van der Waals surface area contributed by atoms with Gasteiger partial charge in [-0.2, -0.15) is 0 Å². The van der Waals surface area contributed by atoms with Crippen molar-refractivity contribution in [3.8, 4) is 0 Å². The van der Waals surface area contributed by atoms with E-state index in [2.05, 4.69) is 62.5 Å². The number of quaternary nitrogens is 1. The molecule has 0 aliphatic carbocycles. The number of allylic oxidation sites excluding steroid dienone is 8. The lowest BCUT2D eigenvalue weighted by Gasteiger charge is -2.24. The van der Waals surface area contributed by atoms with Gasteiger partial charge in [0.2, 0.25) is 0 Å². The average Bonchev–Trinajstić information content (AvgIpc) is 3.60. The topological polar surface area (TPSA) is 108 Å². The minimum absolute atomic E-state index is 0.0353. The molecular formula is C79H151NO8P+. The van der Waals surface area contributed by atoms with E-state index in [9.17, 15) is 19.0 Å². The Bertz CT molecular complexity index is 1640. The van der Waals surface area contributed by atoms with Gasteiger partial charge in [-0.3, -0.25) is 18.6 Å².